The smallest absolute Gasteiger partial charge is 0.315 e. The minimum atomic E-state index is -0.166. The third kappa shape index (κ3) is 3.78. The predicted octanol–water partition coefficient (Wildman–Crippen LogP) is 2.35. The standard InChI is InChI=1S/C19H26N4O2/c1-4-16-15(17(5-2)23(3)22-16)11-20-19(24)21-14-10-13-8-6-7-9-18(13)25-12-14/h6-9,14H,4-5,10-12H2,1-3H3,(H2,20,21,24)/t14-/m0/s1. The Morgan fingerprint density at radius 2 is 2.12 bits per heavy atom. The molecule has 1 aromatic carbocycles. The van der Waals surface area contributed by atoms with Crippen LogP contribution < -0.4 is 15.4 Å². The lowest BCUT2D eigenvalue weighted by atomic mass is 10.0. The van der Waals surface area contributed by atoms with E-state index in [0.717, 1.165) is 41.8 Å². The Balaban J connectivity index is 1.58. The van der Waals surface area contributed by atoms with Gasteiger partial charge in [0.25, 0.3) is 0 Å². The molecule has 2 amide bonds. The number of nitrogens with one attached hydrogen (secondary N) is 2. The Bertz CT molecular complexity index is 754. The summed E-state index contributed by atoms with van der Waals surface area (Å²) >= 11 is 0. The molecule has 2 aromatic rings. The summed E-state index contributed by atoms with van der Waals surface area (Å²) < 4.78 is 7.64. The van der Waals surface area contributed by atoms with Gasteiger partial charge >= 0.3 is 6.03 Å². The molecule has 1 aliphatic heterocycles. The van der Waals surface area contributed by atoms with Crippen LogP contribution in [-0.4, -0.2) is 28.5 Å². The highest BCUT2D eigenvalue weighted by molar-refractivity contribution is 5.74. The molecular formula is C19H26N4O2. The van der Waals surface area contributed by atoms with Gasteiger partial charge in [0, 0.05) is 24.8 Å². The maximum Gasteiger partial charge on any atom is 0.315 e. The molecule has 0 radical (unpaired) electrons. The molecule has 1 aliphatic rings. The quantitative estimate of drug-likeness (QED) is 0.876. The van der Waals surface area contributed by atoms with Crippen LogP contribution in [0.25, 0.3) is 0 Å². The Morgan fingerprint density at radius 3 is 2.88 bits per heavy atom. The lowest BCUT2D eigenvalue weighted by Crippen LogP contribution is -2.47. The Labute approximate surface area is 148 Å². The first-order valence-corrected chi connectivity index (χ1v) is 8.91. The van der Waals surface area contributed by atoms with E-state index in [4.69, 9.17) is 4.74 Å². The largest absolute Gasteiger partial charge is 0.491 e. The monoisotopic (exact) mass is 342 g/mol. The molecule has 25 heavy (non-hydrogen) atoms. The number of nitrogens with zero attached hydrogens (tertiary/aromatic N) is 2. The highest BCUT2D eigenvalue weighted by Gasteiger charge is 2.21. The van der Waals surface area contributed by atoms with Crippen LogP contribution in [0.15, 0.2) is 24.3 Å². The Kier molecular flexibility index (Phi) is 5.26. The summed E-state index contributed by atoms with van der Waals surface area (Å²) in [4.78, 5) is 12.3. The second-order valence-corrected chi connectivity index (χ2v) is 6.35. The van der Waals surface area contributed by atoms with Crippen molar-refractivity contribution in [2.75, 3.05) is 6.61 Å². The number of amides is 2. The second-order valence-electron chi connectivity index (χ2n) is 6.35. The number of hydrogen-bond donors (Lipinski definition) is 2. The van der Waals surface area contributed by atoms with Crippen molar-refractivity contribution in [2.45, 2.75) is 45.7 Å². The molecule has 0 aliphatic carbocycles. The number of rotatable bonds is 5. The van der Waals surface area contributed by atoms with Gasteiger partial charge in [-0.3, -0.25) is 4.68 Å². The van der Waals surface area contributed by atoms with Gasteiger partial charge in [-0.05, 0) is 30.9 Å². The number of carbonyl (C=O) groups is 1. The third-order valence-electron chi connectivity index (χ3n) is 4.67. The molecule has 3 rings (SSSR count). The van der Waals surface area contributed by atoms with E-state index in [2.05, 4.69) is 29.6 Å². The van der Waals surface area contributed by atoms with Crippen LogP contribution in [0.2, 0.25) is 0 Å². The van der Waals surface area contributed by atoms with E-state index in [1.807, 2.05) is 36.0 Å². The number of urea groups is 1. The van der Waals surface area contributed by atoms with E-state index in [0.29, 0.717) is 13.2 Å². The fraction of sp³-hybridized carbons (Fsp3) is 0.474. The van der Waals surface area contributed by atoms with E-state index >= 15 is 0 Å². The van der Waals surface area contributed by atoms with E-state index in [-0.39, 0.29) is 12.1 Å². The van der Waals surface area contributed by atoms with Gasteiger partial charge in [-0.25, -0.2) is 4.79 Å². The molecule has 1 aromatic heterocycles. The summed E-state index contributed by atoms with van der Waals surface area (Å²) in [5, 5.41) is 10.5. The Morgan fingerprint density at radius 1 is 1.32 bits per heavy atom. The highest BCUT2D eigenvalue weighted by atomic mass is 16.5. The molecule has 0 spiro atoms. The number of benzene rings is 1. The number of para-hydroxylation sites is 1. The minimum Gasteiger partial charge on any atom is -0.491 e. The summed E-state index contributed by atoms with van der Waals surface area (Å²) in [7, 11) is 1.96. The molecule has 0 saturated carbocycles. The van der Waals surface area contributed by atoms with Crippen LogP contribution in [0.3, 0.4) is 0 Å². The van der Waals surface area contributed by atoms with Crippen molar-refractivity contribution in [1.82, 2.24) is 20.4 Å². The van der Waals surface area contributed by atoms with Crippen LogP contribution in [0.1, 0.15) is 36.4 Å². The van der Waals surface area contributed by atoms with Crippen molar-refractivity contribution in [2.24, 2.45) is 7.05 Å². The van der Waals surface area contributed by atoms with Gasteiger partial charge in [-0.15, -0.1) is 0 Å². The van der Waals surface area contributed by atoms with Gasteiger partial charge in [0.1, 0.15) is 12.4 Å². The maximum atomic E-state index is 12.3. The molecule has 1 atom stereocenters. The molecular weight excluding hydrogens is 316 g/mol. The average molecular weight is 342 g/mol. The first-order chi connectivity index (χ1) is 12.1. The average Bonchev–Trinajstić information content (AvgIpc) is 2.94. The van der Waals surface area contributed by atoms with Crippen molar-refractivity contribution in [3.8, 4) is 5.75 Å². The van der Waals surface area contributed by atoms with E-state index in [1.54, 1.807) is 0 Å². The summed E-state index contributed by atoms with van der Waals surface area (Å²) in [6.45, 7) is 5.19. The van der Waals surface area contributed by atoms with Crippen molar-refractivity contribution < 1.29 is 9.53 Å². The SMILES string of the molecule is CCc1nn(C)c(CC)c1CNC(=O)N[C@@H]1COc2ccccc2C1. The van der Waals surface area contributed by atoms with E-state index < -0.39 is 0 Å². The number of aryl methyl sites for hydroxylation is 2. The summed E-state index contributed by atoms with van der Waals surface area (Å²) in [5.41, 5.74) is 4.49. The van der Waals surface area contributed by atoms with Crippen LogP contribution in [-0.2, 0) is 32.9 Å². The second kappa shape index (κ2) is 7.59. The van der Waals surface area contributed by atoms with Gasteiger partial charge in [-0.2, -0.15) is 5.10 Å². The molecule has 6 heteroatoms. The molecule has 134 valence electrons. The summed E-state index contributed by atoms with van der Waals surface area (Å²) in [5.74, 6) is 0.913. The van der Waals surface area contributed by atoms with Crippen LogP contribution in [0, 0.1) is 0 Å². The summed E-state index contributed by atoms with van der Waals surface area (Å²) in [6, 6.07) is 7.78. The van der Waals surface area contributed by atoms with Crippen molar-refractivity contribution in [3.63, 3.8) is 0 Å². The topological polar surface area (TPSA) is 68.2 Å². The number of carbonyl (C=O) groups excluding carboxylic acids is 1. The predicted molar refractivity (Wildman–Crippen MR) is 96.8 cm³/mol. The zero-order valence-corrected chi connectivity index (χ0v) is 15.1. The lowest BCUT2D eigenvalue weighted by Gasteiger charge is -2.26. The lowest BCUT2D eigenvalue weighted by molar-refractivity contribution is 0.214. The van der Waals surface area contributed by atoms with Gasteiger partial charge < -0.3 is 15.4 Å². The molecule has 0 unspecified atom stereocenters. The van der Waals surface area contributed by atoms with Crippen molar-refractivity contribution in [1.29, 1.82) is 0 Å². The number of hydrogen-bond acceptors (Lipinski definition) is 3. The minimum absolute atomic E-state index is 0.0138. The van der Waals surface area contributed by atoms with Crippen molar-refractivity contribution >= 4 is 6.03 Å². The van der Waals surface area contributed by atoms with Crippen LogP contribution >= 0.6 is 0 Å². The summed E-state index contributed by atoms with van der Waals surface area (Å²) in [6.07, 6.45) is 2.55. The maximum absolute atomic E-state index is 12.3. The van der Waals surface area contributed by atoms with E-state index in [9.17, 15) is 4.79 Å². The fourth-order valence-corrected chi connectivity index (χ4v) is 3.42. The zero-order valence-electron chi connectivity index (χ0n) is 15.1. The number of ether oxygens (including phenoxy) is 1. The molecule has 2 heterocycles. The first kappa shape index (κ1) is 17.3. The van der Waals surface area contributed by atoms with Crippen molar-refractivity contribution in [3.05, 3.63) is 46.8 Å². The molecule has 0 fully saturated rings. The number of fused-ring (bicyclic) bond motifs is 1. The number of aromatic nitrogens is 2. The van der Waals surface area contributed by atoms with Gasteiger partial charge in [0.2, 0.25) is 0 Å². The van der Waals surface area contributed by atoms with Gasteiger partial charge in [0.05, 0.1) is 11.7 Å². The normalized spacial score (nSPS) is 16.0. The fourth-order valence-electron chi connectivity index (χ4n) is 3.42. The third-order valence-corrected chi connectivity index (χ3v) is 4.67. The van der Waals surface area contributed by atoms with Crippen LogP contribution in [0.4, 0.5) is 4.79 Å². The molecule has 0 saturated heterocycles. The van der Waals surface area contributed by atoms with Gasteiger partial charge in [0.15, 0.2) is 0 Å². The zero-order chi connectivity index (χ0) is 17.8. The molecule has 0 bridgehead atoms. The first-order valence-electron chi connectivity index (χ1n) is 8.91. The Hall–Kier alpha value is -2.50. The van der Waals surface area contributed by atoms with Gasteiger partial charge in [-0.1, -0.05) is 32.0 Å². The highest BCUT2D eigenvalue weighted by Crippen LogP contribution is 2.23. The van der Waals surface area contributed by atoms with E-state index in [1.165, 1.54) is 5.69 Å². The molecule has 2 N–H and O–H groups in total. The molecule has 6 nitrogen and oxygen atoms in total. The van der Waals surface area contributed by atoms with Crippen LogP contribution in [0.5, 0.6) is 5.75 Å².